The van der Waals surface area contributed by atoms with Crippen LogP contribution in [0.2, 0.25) is 0 Å². The molecule has 0 atom stereocenters. The number of rotatable bonds is 3. The third kappa shape index (κ3) is 2.61. The van der Waals surface area contributed by atoms with Crippen LogP contribution in [0.5, 0.6) is 5.75 Å². The van der Waals surface area contributed by atoms with Gasteiger partial charge in [-0.05, 0) is 19.1 Å². The average molecular weight is 220 g/mol. The van der Waals surface area contributed by atoms with Gasteiger partial charge in [0.1, 0.15) is 11.9 Å². The predicted octanol–water partition coefficient (Wildman–Crippen LogP) is 2.37. The van der Waals surface area contributed by atoms with Gasteiger partial charge in [0.2, 0.25) is 0 Å². The van der Waals surface area contributed by atoms with Gasteiger partial charge in [-0.3, -0.25) is 4.79 Å². The molecule has 1 aromatic carbocycles. The smallest absolute Gasteiger partial charge is 0.153 e. The normalized spacial score (nSPS) is 17.1. The summed E-state index contributed by atoms with van der Waals surface area (Å²) in [6, 6.07) is 5.68. The average Bonchev–Trinajstić information content (AvgIpc) is 2.33. The molecule has 0 unspecified atom stereocenters. The minimum Gasteiger partial charge on any atom is -0.490 e. The van der Waals surface area contributed by atoms with Crippen LogP contribution in [-0.2, 0) is 4.74 Å². The van der Waals surface area contributed by atoms with E-state index in [0.717, 1.165) is 37.9 Å². The van der Waals surface area contributed by atoms with Gasteiger partial charge in [0.05, 0.1) is 18.8 Å². The van der Waals surface area contributed by atoms with Gasteiger partial charge >= 0.3 is 0 Å². The molecule has 1 saturated heterocycles. The Morgan fingerprint density at radius 1 is 1.38 bits per heavy atom. The fourth-order valence-corrected chi connectivity index (χ4v) is 1.84. The topological polar surface area (TPSA) is 35.5 Å². The lowest BCUT2D eigenvalue weighted by Crippen LogP contribution is -2.26. The van der Waals surface area contributed by atoms with Crippen molar-refractivity contribution in [3.8, 4) is 5.75 Å². The summed E-state index contributed by atoms with van der Waals surface area (Å²) in [4.78, 5) is 10.9. The van der Waals surface area contributed by atoms with E-state index in [4.69, 9.17) is 9.47 Å². The Labute approximate surface area is 95.4 Å². The second-order valence-corrected chi connectivity index (χ2v) is 4.09. The molecule has 16 heavy (non-hydrogen) atoms. The Hall–Kier alpha value is -1.35. The molecule has 1 aromatic rings. The van der Waals surface area contributed by atoms with Gasteiger partial charge in [-0.15, -0.1) is 0 Å². The van der Waals surface area contributed by atoms with Crippen LogP contribution in [0.4, 0.5) is 0 Å². The van der Waals surface area contributed by atoms with E-state index in [1.54, 1.807) is 0 Å². The lowest BCUT2D eigenvalue weighted by molar-refractivity contribution is 0.0253. The fraction of sp³-hybridized carbons (Fsp3) is 0.462. The number of carbonyl (C=O) groups excluding carboxylic acids is 1. The molecule has 1 heterocycles. The van der Waals surface area contributed by atoms with E-state index in [9.17, 15) is 4.79 Å². The summed E-state index contributed by atoms with van der Waals surface area (Å²) < 4.78 is 11.1. The molecule has 3 nitrogen and oxygen atoms in total. The second-order valence-electron chi connectivity index (χ2n) is 4.09. The molecular formula is C13H16O3. The molecule has 0 aromatic heterocycles. The van der Waals surface area contributed by atoms with Crippen LogP contribution in [0.15, 0.2) is 18.2 Å². The molecule has 1 fully saturated rings. The van der Waals surface area contributed by atoms with E-state index in [0.29, 0.717) is 11.3 Å². The van der Waals surface area contributed by atoms with Crippen molar-refractivity contribution in [3.05, 3.63) is 29.3 Å². The number of aldehydes is 1. The Morgan fingerprint density at radius 2 is 2.12 bits per heavy atom. The van der Waals surface area contributed by atoms with Crippen LogP contribution >= 0.6 is 0 Å². The number of hydrogen-bond donors (Lipinski definition) is 0. The zero-order chi connectivity index (χ0) is 11.4. The molecule has 86 valence electrons. The highest BCUT2D eigenvalue weighted by molar-refractivity contribution is 5.79. The quantitative estimate of drug-likeness (QED) is 0.733. The maximum absolute atomic E-state index is 10.9. The molecule has 3 heteroatoms. The van der Waals surface area contributed by atoms with Crippen molar-refractivity contribution in [1.82, 2.24) is 0 Å². The first-order valence-corrected chi connectivity index (χ1v) is 5.60. The minimum atomic E-state index is 0.176. The summed E-state index contributed by atoms with van der Waals surface area (Å²) in [6.45, 7) is 3.45. The van der Waals surface area contributed by atoms with Crippen molar-refractivity contribution in [3.63, 3.8) is 0 Å². The van der Waals surface area contributed by atoms with Crippen LogP contribution in [0.1, 0.15) is 28.8 Å². The maximum Gasteiger partial charge on any atom is 0.153 e. The predicted molar refractivity (Wildman–Crippen MR) is 61.0 cm³/mol. The third-order valence-electron chi connectivity index (χ3n) is 2.75. The van der Waals surface area contributed by atoms with Crippen LogP contribution in [0, 0.1) is 6.92 Å². The number of aryl methyl sites for hydroxylation is 1. The highest BCUT2D eigenvalue weighted by atomic mass is 16.5. The summed E-state index contributed by atoms with van der Waals surface area (Å²) >= 11 is 0. The van der Waals surface area contributed by atoms with Crippen LogP contribution in [0.3, 0.4) is 0 Å². The molecular weight excluding hydrogens is 204 g/mol. The summed E-state index contributed by atoms with van der Waals surface area (Å²) in [5, 5.41) is 0. The zero-order valence-electron chi connectivity index (χ0n) is 9.44. The molecule has 1 aliphatic heterocycles. The van der Waals surface area contributed by atoms with Gasteiger partial charge in [0.15, 0.2) is 6.29 Å². The summed E-state index contributed by atoms with van der Waals surface area (Å²) in [7, 11) is 0. The monoisotopic (exact) mass is 220 g/mol. The molecule has 1 aliphatic rings. The van der Waals surface area contributed by atoms with Crippen molar-refractivity contribution in [1.29, 1.82) is 0 Å². The van der Waals surface area contributed by atoms with Gasteiger partial charge in [0, 0.05) is 12.8 Å². The Kier molecular flexibility index (Phi) is 3.57. The van der Waals surface area contributed by atoms with Gasteiger partial charge in [-0.25, -0.2) is 0 Å². The Bertz CT molecular complexity index is 367. The second kappa shape index (κ2) is 5.12. The number of benzene rings is 1. The van der Waals surface area contributed by atoms with Crippen molar-refractivity contribution < 1.29 is 14.3 Å². The van der Waals surface area contributed by atoms with E-state index in [2.05, 4.69) is 0 Å². The van der Waals surface area contributed by atoms with Crippen molar-refractivity contribution in [2.24, 2.45) is 0 Å². The van der Waals surface area contributed by atoms with E-state index in [1.807, 2.05) is 25.1 Å². The molecule has 0 bridgehead atoms. The molecule has 2 rings (SSSR count). The van der Waals surface area contributed by atoms with Gasteiger partial charge in [-0.2, -0.15) is 0 Å². The first kappa shape index (κ1) is 11.1. The molecule has 0 spiro atoms. The number of hydrogen-bond acceptors (Lipinski definition) is 3. The van der Waals surface area contributed by atoms with Crippen LogP contribution in [-0.4, -0.2) is 25.6 Å². The largest absolute Gasteiger partial charge is 0.490 e. The van der Waals surface area contributed by atoms with E-state index in [-0.39, 0.29) is 6.10 Å². The molecule has 0 N–H and O–H groups in total. The molecule has 0 amide bonds. The van der Waals surface area contributed by atoms with E-state index < -0.39 is 0 Å². The van der Waals surface area contributed by atoms with Crippen molar-refractivity contribution in [2.75, 3.05) is 13.2 Å². The standard InChI is InChI=1S/C13H16O3/c1-10-2-3-13(11(8-10)9-14)16-12-4-6-15-7-5-12/h2-3,8-9,12H,4-7H2,1H3. The SMILES string of the molecule is Cc1ccc(OC2CCOCC2)c(C=O)c1. The lowest BCUT2D eigenvalue weighted by Gasteiger charge is -2.24. The first-order chi connectivity index (χ1) is 7.79. The van der Waals surface area contributed by atoms with E-state index >= 15 is 0 Å². The molecule has 0 radical (unpaired) electrons. The summed E-state index contributed by atoms with van der Waals surface area (Å²) in [6.07, 6.45) is 2.81. The first-order valence-electron chi connectivity index (χ1n) is 5.60. The highest BCUT2D eigenvalue weighted by Gasteiger charge is 2.16. The Morgan fingerprint density at radius 3 is 2.81 bits per heavy atom. The number of carbonyl (C=O) groups is 1. The van der Waals surface area contributed by atoms with Gasteiger partial charge in [0.25, 0.3) is 0 Å². The Balaban J connectivity index is 2.10. The van der Waals surface area contributed by atoms with Crippen molar-refractivity contribution >= 4 is 6.29 Å². The van der Waals surface area contributed by atoms with Gasteiger partial charge < -0.3 is 9.47 Å². The van der Waals surface area contributed by atoms with Gasteiger partial charge in [-0.1, -0.05) is 11.6 Å². The fourth-order valence-electron chi connectivity index (χ4n) is 1.84. The molecule has 0 saturated carbocycles. The van der Waals surface area contributed by atoms with E-state index in [1.165, 1.54) is 0 Å². The summed E-state index contributed by atoms with van der Waals surface area (Å²) in [5.74, 6) is 0.688. The molecule has 0 aliphatic carbocycles. The van der Waals surface area contributed by atoms with Crippen LogP contribution < -0.4 is 4.74 Å². The van der Waals surface area contributed by atoms with Crippen molar-refractivity contribution in [2.45, 2.75) is 25.9 Å². The minimum absolute atomic E-state index is 0.176. The maximum atomic E-state index is 10.9. The lowest BCUT2D eigenvalue weighted by atomic mass is 10.1. The zero-order valence-corrected chi connectivity index (χ0v) is 9.44. The highest BCUT2D eigenvalue weighted by Crippen LogP contribution is 2.22. The summed E-state index contributed by atoms with van der Waals surface area (Å²) in [5.41, 5.74) is 1.70. The van der Waals surface area contributed by atoms with Crippen LogP contribution in [0.25, 0.3) is 0 Å². The third-order valence-corrected chi connectivity index (χ3v) is 2.75. The number of ether oxygens (including phenoxy) is 2.